The van der Waals surface area contributed by atoms with Crippen molar-refractivity contribution in [2.45, 2.75) is 19.4 Å². The second-order valence-electron chi connectivity index (χ2n) is 5.65. The Kier molecular flexibility index (Phi) is 6.93. The first kappa shape index (κ1) is 18.9. The molecular weight excluding hydrogens is 341 g/mol. The van der Waals surface area contributed by atoms with Crippen molar-refractivity contribution < 1.29 is 14.5 Å². The van der Waals surface area contributed by atoms with E-state index in [1.807, 2.05) is 42.6 Å². The summed E-state index contributed by atoms with van der Waals surface area (Å²) in [6.45, 7) is 2.24. The number of amides is 1. The predicted octanol–water partition coefficient (Wildman–Crippen LogP) is 3.05. The van der Waals surface area contributed by atoms with Gasteiger partial charge in [0.1, 0.15) is 11.9 Å². The zero-order chi connectivity index (χ0) is 18.2. The number of halogens is 2. The lowest BCUT2D eigenvalue weighted by Gasteiger charge is -2.22. The van der Waals surface area contributed by atoms with Gasteiger partial charge in [-0.25, -0.2) is 4.39 Å². The van der Waals surface area contributed by atoms with Gasteiger partial charge in [-0.1, -0.05) is 41.9 Å². The molecule has 0 saturated carbocycles. The van der Waals surface area contributed by atoms with E-state index in [0.717, 1.165) is 5.56 Å². The Labute approximate surface area is 151 Å². The van der Waals surface area contributed by atoms with Crippen LogP contribution in [0.1, 0.15) is 24.9 Å². The predicted molar refractivity (Wildman–Crippen MR) is 95.6 cm³/mol. The maximum atomic E-state index is 14.0. The van der Waals surface area contributed by atoms with E-state index in [4.69, 9.17) is 16.9 Å². The Morgan fingerprint density at radius 2 is 1.96 bits per heavy atom. The molecule has 0 aliphatic carbocycles. The molecule has 6 heteroatoms. The third-order valence-corrected chi connectivity index (χ3v) is 4.28. The highest BCUT2D eigenvalue weighted by Gasteiger charge is 2.21. The van der Waals surface area contributed by atoms with Crippen molar-refractivity contribution in [1.29, 1.82) is 5.26 Å². The first-order valence-electron chi connectivity index (χ1n) is 8.04. The highest BCUT2D eigenvalue weighted by atomic mass is 35.5. The van der Waals surface area contributed by atoms with Crippen molar-refractivity contribution >= 4 is 23.2 Å². The molecule has 0 saturated heterocycles. The second-order valence-corrected chi connectivity index (χ2v) is 6.06. The van der Waals surface area contributed by atoms with Gasteiger partial charge in [0.25, 0.3) is 5.91 Å². The van der Waals surface area contributed by atoms with Crippen molar-refractivity contribution in [2.24, 2.45) is 0 Å². The van der Waals surface area contributed by atoms with Gasteiger partial charge in [0.15, 0.2) is 6.54 Å². The van der Waals surface area contributed by atoms with Gasteiger partial charge in [-0.05, 0) is 25.1 Å². The summed E-state index contributed by atoms with van der Waals surface area (Å²) in [5.74, 6) is -0.729. The molecule has 0 radical (unpaired) electrons. The van der Waals surface area contributed by atoms with Crippen LogP contribution in [0.5, 0.6) is 0 Å². The number of carbonyl (C=O) groups excluding carboxylic acids is 1. The maximum Gasteiger partial charge on any atom is 0.282 e. The highest BCUT2D eigenvalue weighted by molar-refractivity contribution is 6.31. The first-order chi connectivity index (χ1) is 12.0. The average Bonchev–Trinajstić information content (AvgIpc) is 2.61. The van der Waals surface area contributed by atoms with Gasteiger partial charge in [-0.15, -0.1) is 0 Å². The first-order valence-corrected chi connectivity index (χ1v) is 8.42. The summed E-state index contributed by atoms with van der Waals surface area (Å²) in [4.78, 5) is 13.9. The van der Waals surface area contributed by atoms with Crippen molar-refractivity contribution in [2.75, 3.05) is 18.0 Å². The van der Waals surface area contributed by atoms with Gasteiger partial charge < -0.3 is 10.2 Å². The van der Waals surface area contributed by atoms with E-state index in [0.29, 0.717) is 5.02 Å². The van der Waals surface area contributed by atoms with Crippen LogP contribution in [-0.4, -0.2) is 19.0 Å². The summed E-state index contributed by atoms with van der Waals surface area (Å²) >= 11 is 6.18. The lowest BCUT2D eigenvalue weighted by molar-refractivity contribution is -0.682. The summed E-state index contributed by atoms with van der Waals surface area (Å²) in [5.41, 5.74) is 1.13. The van der Waals surface area contributed by atoms with E-state index in [-0.39, 0.29) is 37.1 Å². The van der Waals surface area contributed by atoms with E-state index in [9.17, 15) is 9.18 Å². The molecule has 0 unspecified atom stereocenters. The van der Waals surface area contributed by atoms with Crippen LogP contribution in [0.2, 0.25) is 5.02 Å². The van der Waals surface area contributed by atoms with E-state index < -0.39 is 5.82 Å². The van der Waals surface area contributed by atoms with Crippen molar-refractivity contribution in [3.05, 3.63) is 64.9 Å². The Morgan fingerprint density at radius 1 is 1.28 bits per heavy atom. The van der Waals surface area contributed by atoms with Crippen molar-refractivity contribution in [3.8, 4) is 6.07 Å². The Hall–Kier alpha value is -2.42. The van der Waals surface area contributed by atoms with Crippen LogP contribution in [0.25, 0.3) is 0 Å². The van der Waals surface area contributed by atoms with Crippen LogP contribution in [0, 0.1) is 17.1 Å². The van der Waals surface area contributed by atoms with Crippen LogP contribution >= 0.6 is 11.6 Å². The number of carbonyl (C=O) groups is 1. The molecule has 0 aliphatic heterocycles. The monoisotopic (exact) mass is 360 g/mol. The fourth-order valence-electron chi connectivity index (χ4n) is 2.57. The molecule has 2 N–H and O–H groups in total. The molecule has 1 atom stereocenters. The van der Waals surface area contributed by atoms with E-state index in [1.165, 1.54) is 11.0 Å². The Bertz CT molecular complexity index is 775. The summed E-state index contributed by atoms with van der Waals surface area (Å²) in [6, 6.07) is 15.5. The Balaban J connectivity index is 2.08. The number of nitrogens with zero attached hydrogens (tertiary/aromatic N) is 2. The SMILES string of the molecule is C[C@H]([NH2+]CC(=O)N(CCC#N)c1ccccc1F)c1ccccc1Cl. The second kappa shape index (κ2) is 9.16. The summed E-state index contributed by atoms with van der Waals surface area (Å²) in [6.07, 6.45) is 0.139. The minimum Gasteiger partial charge on any atom is -0.332 e. The average molecular weight is 361 g/mol. The molecule has 0 aromatic heterocycles. The lowest BCUT2D eigenvalue weighted by Crippen LogP contribution is -2.87. The van der Waals surface area contributed by atoms with Gasteiger partial charge >= 0.3 is 0 Å². The number of hydrogen-bond donors (Lipinski definition) is 1. The van der Waals surface area contributed by atoms with Crippen LogP contribution in [0.3, 0.4) is 0 Å². The molecule has 4 nitrogen and oxygen atoms in total. The maximum absolute atomic E-state index is 14.0. The van der Waals surface area contributed by atoms with Crippen LogP contribution in [0.15, 0.2) is 48.5 Å². The molecule has 2 aromatic rings. The normalized spacial score (nSPS) is 11.6. The third-order valence-electron chi connectivity index (χ3n) is 3.93. The molecule has 0 aliphatic rings. The van der Waals surface area contributed by atoms with Gasteiger partial charge in [0, 0.05) is 17.1 Å². The fourth-order valence-corrected chi connectivity index (χ4v) is 2.88. The zero-order valence-electron chi connectivity index (χ0n) is 14.0. The molecule has 1 amide bonds. The summed E-state index contributed by atoms with van der Waals surface area (Å²) < 4.78 is 14.0. The van der Waals surface area contributed by atoms with Gasteiger partial charge in [-0.2, -0.15) is 5.26 Å². The minimum atomic E-state index is -0.479. The standard InChI is InChI=1S/C19H19ClFN3O/c1-14(15-7-2-3-8-16(15)20)23-13-19(25)24(12-6-11-22)18-10-5-4-9-17(18)21/h2-5,7-10,14,23H,6,12-13H2,1H3/p+1/t14-/m0/s1. The largest absolute Gasteiger partial charge is 0.332 e. The van der Waals surface area contributed by atoms with Crippen molar-refractivity contribution in [3.63, 3.8) is 0 Å². The van der Waals surface area contributed by atoms with Crippen LogP contribution in [0.4, 0.5) is 10.1 Å². The lowest BCUT2D eigenvalue weighted by atomic mass is 10.1. The third kappa shape index (κ3) is 5.02. The van der Waals surface area contributed by atoms with Gasteiger partial charge in [-0.3, -0.25) is 4.79 Å². The zero-order valence-corrected chi connectivity index (χ0v) is 14.7. The molecule has 0 spiro atoms. The quantitative estimate of drug-likeness (QED) is 0.825. The number of rotatable bonds is 7. The number of hydrogen-bond acceptors (Lipinski definition) is 2. The van der Waals surface area contributed by atoms with Gasteiger partial charge in [0.2, 0.25) is 0 Å². The number of benzene rings is 2. The molecule has 2 aromatic carbocycles. The fraction of sp³-hybridized carbons (Fsp3) is 0.263. The van der Waals surface area contributed by atoms with Crippen LogP contribution < -0.4 is 10.2 Å². The number of para-hydroxylation sites is 1. The highest BCUT2D eigenvalue weighted by Crippen LogP contribution is 2.20. The van der Waals surface area contributed by atoms with E-state index in [1.54, 1.807) is 18.2 Å². The topological polar surface area (TPSA) is 60.7 Å². The number of nitriles is 1. The minimum absolute atomic E-state index is 0.0175. The van der Waals surface area contributed by atoms with Gasteiger partial charge in [0.05, 0.1) is 18.2 Å². The number of quaternary nitrogens is 1. The summed E-state index contributed by atoms with van der Waals surface area (Å²) in [5, 5.41) is 11.3. The number of anilines is 1. The number of nitrogens with two attached hydrogens (primary N) is 1. The Morgan fingerprint density at radius 3 is 2.64 bits per heavy atom. The molecule has 130 valence electrons. The molecule has 0 heterocycles. The molecular formula is C19H20ClFN3O+. The molecule has 25 heavy (non-hydrogen) atoms. The molecule has 0 bridgehead atoms. The smallest absolute Gasteiger partial charge is 0.282 e. The van der Waals surface area contributed by atoms with E-state index in [2.05, 4.69) is 0 Å². The summed E-state index contributed by atoms with van der Waals surface area (Å²) in [7, 11) is 0. The van der Waals surface area contributed by atoms with E-state index >= 15 is 0 Å². The molecule has 0 fully saturated rings. The van der Waals surface area contributed by atoms with Crippen LogP contribution in [-0.2, 0) is 4.79 Å². The van der Waals surface area contributed by atoms with Crippen molar-refractivity contribution in [1.82, 2.24) is 0 Å². The molecule has 2 rings (SSSR count).